The third-order valence-electron chi connectivity index (χ3n) is 1.30. The smallest absolute Gasteiger partial charge is 0.322 e. The van der Waals surface area contributed by atoms with E-state index in [4.69, 9.17) is 22.4 Å². The number of rotatable bonds is 3. The van der Waals surface area contributed by atoms with Gasteiger partial charge in [0.25, 0.3) is 0 Å². The average molecular weight is 226 g/mol. The lowest BCUT2D eigenvalue weighted by molar-refractivity contribution is -0.138. The highest BCUT2D eigenvalue weighted by atomic mass is 35.5. The lowest BCUT2D eigenvalue weighted by Crippen LogP contribution is -2.34. The molecule has 0 aromatic carbocycles. The number of carboxylic acids is 1. The molecule has 1 atom stereocenters. The van der Waals surface area contributed by atoms with Crippen LogP contribution in [0.1, 0.15) is 0 Å². The van der Waals surface area contributed by atoms with Gasteiger partial charge >= 0.3 is 5.97 Å². The number of aromatic nitrogens is 2. The molecule has 74 valence electrons. The van der Waals surface area contributed by atoms with Gasteiger partial charge in [-0.05, 0) is 0 Å². The lowest BCUT2D eigenvalue weighted by Gasteiger charge is -2.04. The Kier molecular flexibility index (Phi) is 4.76. The van der Waals surface area contributed by atoms with E-state index in [1.54, 1.807) is 0 Å². The molecular formula is C6H9Cl2N3O2. The van der Waals surface area contributed by atoms with Gasteiger partial charge in [0, 0.05) is 6.20 Å². The molecule has 1 heterocycles. The molecule has 0 saturated heterocycles. The molecule has 1 aromatic heterocycles. The number of hydrogen-bond donors (Lipinski definition) is 2. The minimum absolute atomic E-state index is 0. The van der Waals surface area contributed by atoms with E-state index < -0.39 is 12.0 Å². The van der Waals surface area contributed by atoms with Gasteiger partial charge in [0.1, 0.15) is 6.04 Å². The molecule has 0 saturated carbocycles. The number of aliphatic carboxylic acids is 1. The van der Waals surface area contributed by atoms with Gasteiger partial charge in [-0.3, -0.25) is 9.48 Å². The van der Waals surface area contributed by atoms with Crippen LogP contribution in [0.15, 0.2) is 12.4 Å². The fourth-order valence-electron chi connectivity index (χ4n) is 0.718. The van der Waals surface area contributed by atoms with Crippen molar-refractivity contribution in [1.82, 2.24) is 9.78 Å². The second kappa shape index (κ2) is 5.06. The normalized spacial score (nSPS) is 11.8. The fourth-order valence-corrected chi connectivity index (χ4v) is 0.874. The minimum atomic E-state index is -1.05. The molecule has 1 unspecified atom stereocenters. The lowest BCUT2D eigenvalue weighted by atomic mass is 10.3. The number of carboxylic acid groups (broad SMARTS) is 1. The summed E-state index contributed by atoms with van der Waals surface area (Å²) in [6.45, 7) is 0.127. The molecule has 0 amide bonds. The van der Waals surface area contributed by atoms with Crippen LogP contribution in [0, 0.1) is 0 Å². The van der Waals surface area contributed by atoms with Crippen LogP contribution >= 0.6 is 24.0 Å². The average Bonchev–Trinajstić information content (AvgIpc) is 2.35. The first-order valence-corrected chi connectivity index (χ1v) is 3.63. The molecule has 0 aliphatic rings. The quantitative estimate of drug-likeness (QED) is 0.780. The van der Waals surface area contributed by atoms with Crippen LogP contribution in [0.2, 0.25) is 5.02 Å². The van der Waals surface area contributed by atoms with Gasteiger partial charge in [0.2, 0.25) is 0 Å². The van der Waals surface area contributed by atoms with Gasteiger partial charge in [-0.15, -0.1) is 12.4 Å². The molecule has 7 heteroatoms. The Morgan fingerprint density at radius 2 is 2.46 bits per heavy atom. The maximum absolute atomic E-state index is 10.3. The Bertz CT molecular complexity index is 289. The third-order valence-corrected chi connectivity index (χ3v) is 1.50. The zero-order valence-corrected chi connectivity index (χ0v) is 8.13. The van der Waals surface area contributed by atoms with E-state index in [0.717, 1.165) is 0 Å². The molecule has 1 rings (SSSR count). The van der Waals surface area contributed by atoms with Crippen molar-refractivity contribution in [2.75, 3.05) is 0 Å². The maximum atomic E-state index is 10.3. The summed E-state index contributed by atoms with van der Waals surface area (Å²) in [5, 5.41) is 12.7. The highest BCUT2D eigenvalue weighted by Gasteiger charge is 2.11. The molecule has 3 N–H and O–H groups in total. The van der Waals surface area contributed by atoms with Gasteiger partial charge in [-0.2, -0.15) is 5.10 Å². The van der Waals surface area contributed by atoms with Crippen LogP contribution in [0.3, 0.4) is 0 Å². The molecule has 0 bridgehead atoms. The number of halogens is 2. The summed E-state index contributed by atoms with van der Waals surface area (Å²) >= 11 is 5.55. The predicted octanol–water partition coefficient (Wildman–Crippen LogP) is 0.370. The number of carbonyl (C=O) groups is 1. The largest absolute Gasteiger partial charge is 0.480 e. The molecule has 1 aromatic rings. The van der Waals surface area contributed by atoms with Crippen molar-refractivity contribution in [3.05, 3.63) is 17.4 Å². The van der Waals surface area contributed by atoms with E-state index in [1.165, 1.54) is 17.1 Å². The summed E-state index contributed by atoms with van der Waals surface area (Å²) in [6, 6.07) is -0.944. The van der Waals surface area contributed by atoms with Crippen LogP contribution in [0.5, 0.6) is 0 Å². The first-order valence-electron chi connectivity index (χ1n) is 3.26. The summed E-state index contributed by atoms with van der Waals surface area (Å²) in [7, 11) is 0. The van der Waals surface area contributed by atoms with Gasteiger partial charge in [-0.1, -0.05) is 11.6 Å². The van der Waals surface area contributed by atoms with Crippen molar-refractivity contribution in [3.63, 3.8) is 0 Å². The summed E-state index contributed by atoms with van der Waals surface area (Å²) < 4.78 is 1.39. The summed E-state index contributed by atoms with van der Waals surface area (Å²) in [5.41, 5.74) is 5.25. The molecule has 0 aliphatic heterocycles. The van der Waals surface area contributed by atoms with E-state index >= 15 is 0 Å². The molecule has 13 heavy (non-hydrogen) atoms. The van der Waals surface area contributed by atoms with E-state index in [9.17, 15) is 4.79 Å². The molecule has 0 spiro atoms. The summed E-state index contributed by atoms with van der Waals surface area (Å²) in [6.07, 6.45) is 2.94. The van der Waals surface area contributed by atoms with E-state index in [1.807, 2.05) is 0 Å². The number of hydrogen-bond acceptors (Lipinski definition) is 3. The predicted molar refractivity (Wildman–Crippen MR) is 50.1 cm³/mol. The second-order valence-electron chi connectivity index (χ2n) is 2.33. The van der Waals surface area contributed by atoms with Crippen molar-refractivity contribution < 1.29 is 9.90 Å². The Morgan fingerprint density at radius 1 is 1.85 bits per heavy atom. The van der Waals surface area contributed by atoms with Gasteiger partial charge in [0.15, 0.2) is 0 Å². The molecule has 0 radical (unpaired) electrons. The highest BCUT2D eigenvalue weighted by molar-refractivity contribution is 6.30. The molecule has 0 aliphatic carbocycles. The van der Waals surface area contributed by atoms with Crippen molar-refractivity contribution in [3.8, 4) is 0 Å². The van der Waals surface area contributed by atoms with Crippen LogP contribution in [0.25, 0.3) is 0 Å². The second-order valence-corrected chi connectivity index (χ2v) is 2.76. The number of nitrogens with zero attached hydrogens (tertiary/aromatic N) is 2. The molecule has 5 nitrogen and oxygen atoms in total. The summed E-state index contributed by atoms with van der Waals surface area (Å²) in [4.78, 5) is 10.3. The first-order chi connectivity index (χ1) is 5.59. The fraction of sp³-hybridized carbons (Fsp3) is 0.333. The van der Waals surface area contributed by atoms with Gasteiger partial charge in [-0.25, -0.2) is 0 Å². The minimum Gasteiger partial charge on any atom is -0.480 e. The van der Waals surface area contributed by atoms with Crippen molar-refractivity contribution in [2.24, 2.45) is 5.73 Å². The van der Waals surface area contributed by atoms with Crippen LogP contribution < -0.4 is 5.73 Å². The van der Waals surface area contributed by atoms with E-state index in [-0.39, 0.29) is 19.0 Å². The van der Waals surface area contributed by atoms with E-state index in [2.05, 4.69) is 5.10 Å². The zero-order chi connectivity index (χ0) is 9.14. The Morgan fingerprint density at radius 3 is 2.85 bits per heavy atom. The maximum Gasteiger partial charge on any atom is 0.322 e. The van der Waals surface area contributed by atoms with Crippen molar-refractivity contribution in [2.45, 2.75) is 12.6 Å². The Hall–Kier alpha value is -0.780. The molecule has 0 fully saturated rings. The Labute approximate surface area is 85.9 Å². The van der Waals surface area contributed by atoms with Crippen molar-refractivity contribution >= 4 is 30.0 Å². The van der Waals surface area contributed by atoms with Crippen LogP contribution in [-0.4, -0.2) is 26.9 Å². The standard InChI is InChI=1S/C6H8ClN3O2.ClH/c7-4-1-9-10(2-4)3-5(8)6(11)12;/h1-2,5H,3,8H2,(H,11,12);1H. The SMILES string of the molecule is Cl.NC(Cn1cc(Cl)cn1)C(=O)O. The first kappa shape index (κ1) is 12.2. The van der Waals surface area contributed by atoms with Crippen LogP contribution in [0.4, 0.5) is 0 Å². The molecular weight excluding hydrogens is 217 g/mol. The third kappa shape index (κ3) is 3.63. The monoisotopic (exact) mass is 225 g/mol. The zero-order valence-electron chi connectivity index (χ0n) is 6.55. The topological polar surface area (TPSA) is 81.1 Å². The summed E-state index contributed by atoms with van der Waals surface area (Å²) in [5.74, 6) is -1.05. The van der Waals surface area contributed by atoms with Crippen LogP contribution in [-0.2, 0) is 11.3 Å². The van der Waals surface area contributed by atoms with Gasteiger partial charge < -0.3 is 10.8 Å². The highest BCUT2D eigenvalue weighted by Crippen LogP contribution is 2.04. The Balaban J connectivity index is 0.00000144. The number of nitrogens with two attached hydrogens (primary N) is 1. The van der Waals surface area contributed by atoms with Gasteiger partial charge in [0.05, 0.1) is 17.8 Å². The van der Waals surface area contributed by atoms with Crippen molar-refractivity contribution in [1.29, 1.82) is 0 Å². The van der Waals surface area contributed by atoms with E-state index in [0.29, 0.717) is 5.02 Å².